The predicted octanol–water partition coefficient (Wildman–Crippen LogP) is 1.49. The van der Waals surface area contributed by atoms with Crippen molar-refractivity contribution in [2.75, 3.05) is 26.7 Å². The van der Waals surface area contributed by atoms with E-state index in [9.17, 15) is 5.26 Å². The lowest BCUT2D eigenvalue weighted by Crippen LogP contribution is -2.53. The van der Waals surface area contributed by atoms with Gasteiger partial charge in [-0.2, -0.15) is 5.26 Å². The van der Waals surface area contributed by atoms with Crippen LogP contribution in [0.1, 0.15) is 18.4 Å². The molecule has 0 amide bonds. The highest BCUT2D eigenvalue weighted by Gasteiger charge is 2.39. The highest BCUT2D eigenvalue weighted by atomic mass is 16.5. The number of likely N-dealkylation sites (tertiary alicyclic amines) is 1. The summed E-state index contributed by atoms with van der Waals surface area (Å²) >= 11 is 0. The molecule has 1 aromatic rings. The fourth-order valence-electron chi connectivity index (χ4n) is 3.36. The van der Waals surface area contributed by atoms with Gasteiger partial charge in [0.1, 0.15) is 5.54 Å². The van der Waals surface area contributed by atoms with Crippen molar-refractivity contribution in [1.29, 1.82) is 5.26 Å². The minimum absolute atomic E-state index is 0.359. The highest BCUT2D eigenvalue weighted by Crippen LogP contribution is 2.29. The molecule has 4 heteroatoms. The van der Waals surface area contributed by atoms with Gasteiger partial charge in [-0.25, -0.2) is 0 Å². The van der Waals surface area contributed by atoms with Gasteiger partial charge in [0.15, 0.2) is 0 Å². The predicted molar refractivity (Wildman–Crippen MR) is 77.1 cm³/mol. The second-order valence-electron chi connectivity index (χ2n) is 5.78. The second-order valence-corrected chi connectivity index (χ2v) is 5.78. The van der Waals surface area contributed by atoms with Gasteiger partial charge in [0, 0.05) is 19.6 Å². The summed E-state index contributed by atoms with van der Waals surface area (Å²) in [6.45, 7) is 2.59. The molecule has 2 fully saturated rings. The van der Waals surface area contributed by atoms with Gasteiger partial charge < -0.3 is 4.74 Å². The minimum atomic E-state index is -0.641. The van der Waals surface area contributed by atoms with Gasteiger partial charge in [0.2, 0.25) is 0 Å². The fourth-order valence-corrected chi connectivity index (χ4v) is 3.36. The standard InChI is InChI=1S/C16H21N3O/c1-18-16(11-17,13-5-3-2-4-6-13)12-19-9-14-7-8-15(10-19)20-14/h2-6,14-15,18H,7-10,12H2,1H3. The Morgan fingerprint density at radius 3 is 2.50 bits per heavy atom. The molecule has 2 aliphatic rings. The molecule has 2 heterocycles. The third-order valence-electron chi connectivity index (χ3n) is 4.46. The molecule has 3 unspecified atom stereocenters. The summed E-state index contributed by atoms with van der Waals surface area (Å²) in [7, 11) is 1.87. The number of rotatable bonds is 4. The summed E-state index contributed by atoms with van der Waals surface area (Å²) in [5.41, 5.74) is 0.390. The van der Waals surface area contributed by atoms with Gasteiger partial charge in [0.05, 0.1) is 18.3 Å². The molecule has 0 spiro atoms. The van der Waals surface area contributed by atoms with Crippen molar-refractivity contribution in [2.24, 2.45) is 0 Å². The Balaban J connectivity index is 1.80. The quantitative estimate of drug-likeness (QED) is 0.901. The van der Waals surface area contributed by atoms with E-state index in [2.05, 4.69) is 16.3 Å². The molecule has 20 heavy (non-hydrogen) atoms. The molecule has 0 saturated carbocycles. The zero-order valence-electron chi connectivity index (χ0n) is 11.9. The van der Waals surface area contributed by atoms with E-state index in [1.165, 1.54) is 0 Å². The van der Waals surface area contributed by atoms with Crippen molar-refractivity contribution >= 4 is 0 Å². The number of nitriles is 1. The van der Waals surface area contributed by atoms with Crippen LogP contribution >= 0.6 is 0 Å². The van der Waals surface area contributed by atoms with Crippen molar-refractivity contribution < 1.29 is 4.74 Å². The van der Waals surface area contributed by atoms with E-state index in [1.807, 2.05) is 37.4 Å². The number of fused-ring (bicyclic) bond motifs is 2. The maximum Gasteiger partial charge on any atom is 0.144 e. The number of benzene rings is 1. The molecule has 3 atom stereocenters. The molecule has 1 N–H and O–H groups in total. The molecule has 1 aromatic carbocycles. The van der Waals surface area contributed by atoms with E-state index in [1.54, 1.807) is 0 Å². The fraction of sp³-hybridized carbons (Fsp3) is 0.562. The van der Waals surface area contributed by atoms with Gasteiger partial charge in [-0.3, -0.25) is 10.2 Å². The van der Waals surface area contributed by atoms with Crippen LogP contribution in [0.15, 0.2) is 30.3 Å². The molecule has 106 valence electrons. The molecular weight excluding hydrogens is 250 g/mol. The SMILES string of the molecule is CNC(C#N)(CN1CC2CCC(C1)O2)c1ccccc1. The largest absolute Gasteiger partial charge is 0.372 e. The third kappa shape index (κ3) is 2.45. The summed E-state index contributed by atoms with van der Waals surface area (Å²) in [4.78, 5) is 2.37. The Morgan fingerprint density at radius 1 is 1.30 bits per heavy atom. The summed E-state index contributed by atoms with van der Waals surface area (Å²) in [5.74, 6) is 0. The zero-order valence-corrected chi connectivity index (χ0v) is 11.9. The molecule has 2 aliphatic heterocycles. The summed E-state index contributed by atoms with van der Waals surface area (Å²) < 4.78 is 5.87. The summed E-state index contributed by atoms with van der Waals surface area (Å²) in [6.07, 6.45) is 3.03. The molecule has 2 bridgehead atoms. The van der Waals surface area contributed by atoms with Crippen LogP contribution in [0.3, 0.4) is 0 Å². The van der Waals surface area contributed by atoms with E-state index in [4.69, 9.17) is 4.74 Å². The Hall–Kier alpha value is -1.41. The van der Waals surface area contributed by atoms with E-state index >= 15 is 0 Å². The van der Waals surface area contributed by atoms with Gasteiger partial charge in [-0.05, 0) is 25.5 Å². The van der Waals surface area contributed by atoms with E-state index in [0.29, 0.717) is 18.8 Å². The van der Waals surface area contributed by atoms with Crippen LogP contribution in [0.4, 0.5) is 0 Å². The average molecular weight is 271 g/mol. The number of hydrogen-bond donors (Lipinski definition) is 1. The number of ether oxygens (including phenoxy) is 1. The number of nitrogens with zero attached hydrogens (tertiary/aromatic N) is 2. The monoisotopic (exact) mass is 271 g/mol. The van der Waals surface area contributed by atoms with Crippen LogP contribution in [-0.4, -0.2) is 43.8 Å². The number of likely N-dealkylation sites (N-methyl/N-ethyl adjacent to an activating group) is 1. The number of nitrogens with one attached hydrogen (secondary N) is 1. The molecule has 3 rings (SSSR count). The first-order valence-electron chi connectivity index (χ1n) is 7.29. The van der Waals surface area contributed by atoms with Crippen molar-refractivity contribution in [3.8, 4) is 6.07 Å². The van der Waals surface area contributed by atoms with Gasteiger partial charge >= 0.3 is 0 Å². The Morgan fingerprint density at radius 2 is 1.95 bits per heavy atom. The van der Waals surface area contributed by atoms with Crippen LogP contribution < -0.4 is 5.32 Å². The Kier molecular flexibility index (Phi) is 3.75. The smallest absolute Gasteiger partial charge is 0.144 e. The summed E-state index contributed by atoms with van der Waals surface area (Å²) in [5, 5.41) is 13.0. The maximum atomic E-state index is 9.74. The van der Waals surface area contributed by atoms with Crippen LogP contribution in [0, 0.1) is 11.3 Å². The molecule has 4 nitrogen and oxygen atoms in total. The molecular formula is C16H21N3O. The van der Waals surface area contributed by atoms with E-state index < -0.39 is 5.54 Å². The lowest BCUT2D eigenvalue weighted by atomic mass is 9.90. The molecule has 0 radical (unpaired) electrons. The number of morpholine rings is 1. The Bertz CT molecular complexity index is 486. The van der Waals surface area contributed by atoms with Crippen LogP contribution in [0.5, 0.6) is 0 Å². The van der Waals surface area contributed by atoms with Crippen LogP contribution in [0.2, 0.25) is 0 Å². The number of hydrogen-bond acceptors (Lipinski definition) is 4. The van der Waals surface area contributed by atoms with Gasteiger partial charge in [-0.1, -0.05) is 30.3 Å². The lowest BCUT2D eigenvalue weighted by molar-refractivity contribution is -0.0434. The average Bonchev–Trinajstić information content (AvgIpc) is 2.85. The van der Waals surface area contributed by atoms with Crippen LogP contribution in [0.25, 0.3) is 0 Å². The van der Waals surface area contributed by atoms with Crippen molar-refractivity contribution in [3.05, 3.63) is 35.9 Å². The highest BCUT2D eigenvalue weighted by molar-refractivity contribution is 5.32. The maximum absolute atomic E-state index is 9.74. The molecule has 0 aliphatic carbocycles. The first kappa shape index (κ1) is 13.6. The zero-order chi connectivity index (χ0) is 14.0. The third-order valence-corrected chi connectivity index (χ3v) is 4.46. The molecule has 0 aromatic heterocycles. The topological polar surface area (TPSA) is 48.3 Å². The normalized spacial score (nSPS) is 28.8. The Labute approximate surface area is 120 Å². The molecule has 2 saturated heterocycles. The van der Waals surface area contributed by atoms with E-state index in [-0.39, 0.29) is 0 Å². The van der Waals surface area contributed by atoms with Crippen LogP contribution in [-0.2, 0) is 10.3 Å². The van der Waals surface area contributed by atoms with E-state index in [0.717, 1.165) is 31.5 Å². The first-order chi connectivity index (χ1) is 9.75. The van der Waals surface area contributed by atoms with Crippen molar-refractivity contribution in [1.82, 2.24) is 10.2 Å². The lowest BCUT2D eigenvalue weighted by Gasteiger charge is -2.38. The second kappa shape index (κ2) is 5.53. The summed E-state index contributed by atoms with van der Waals surface area (Å²) in [6, 6.07) is 12.5. The first-order valence-corrected chi connectivity index (χ1v) is 7.29. The van der Waals surface area contributed by atoms with Gasteiger partial charge in [-0.15, -0.1) is 0 Å². The van der Waals surface area contributed by atoms with Gasteiger partial charge in [0.25, 0.3) is 0 Å². The van der Waals surface area contributed by atoms with Crippen molar-refractivity contribution in [2.45, 2.75) is 30.6 Å². The van der Waals surface area contributed by atoms with Crippen molar-refractivity contribution in [3.63, 3.8) is 0 Å². The minimum Gasteiger partial charge on any atom is -0.372 e.